The van der Waals surface area contributed by atoms with Gasteiger partial charge in [0, 0.05) is 17.4 Å². The van der Waals surface area contributed by atoms with Gasteiger partial charge in [-0.3, -0.25) is 4.68 Å². The first kappa shape index (κ1) is 11.7. The molecule has 0 radical (unpaired) electrons. The van der Waals surface area contributed by atoms with Gasteiger partial charge in [0.25, 0.3) is 0 Å². The van der Waals surface area contributed by atoms with Crippen LogP contribution in [0.25, 0.3) is 0 Å². The molecule has 0 saturated carbocycles. The zero-order chi connectivity index (χ0) is 12.3. The highest BCUT2D eigenvalue weighted by molar-refractivity contribution is 6.31. The maximum Gasteiger partial charge on any atom is 0.337 e. The Labute approximate surface area is 104 Å². The molecule has 1 aromatic heterocycles. The molecule has 0 aliphatic carbocycles. The molecule has 0 atom stereocenters. The first-order valence-electron chi connectivity index (χ1n) is 5.05. The topological polar surface area (TPSA) is 44.1 Å². The second kappa shape index (κ2) is 5.01. The third kappa shape index (κ3) is 2.65. The fourth-order valence-corrected chi connectivity index (χ4v) is 1.73. The summed E-state index contributed by atoms with van der Waals surface area (Å²) in [6.45, 7) is 0.577. The molecule has 0 unspecified atom stereocenters. The fraction of sp³-hybridized carbons (Fsp3) is 0.167. The van der Waals surface area contributed by atoms with E-state index in [-0.39, 0.29) is 0 Å². The van der Waals surface area contributed by atoms with Crippen LogP contribution in [0.5, 0.6) is 0 Å². The number of benzene rings is 1. The average molecular weight is 251 g/mol. The predicted molar refractivity (Wildman–Crippen MR) is 64.1 cm³/mol. The zero-order valence-electron chi connectivity index (χ0n) is 9.26. The van der Waals surface area contributed by atoms with Gasteiger partial charge in [-0.1, -0.05) is 17.7 Å². The van der Waals surface area contributed by atoms with Gasteiger partial charge in [0.15, 0.2) is 0 Å². The van der Waals surface area contributed by atoms with E-state index in [1.165, 1.54) is 7.11 Å². The minimum atomic E-state index is -0.391. The van der Waals surface area contributed by atoms with Crippen LogP contribution in [0.1, 0.15) is 15.9 Å². The Bertz CT molecular complexity index is 523. The van der Waals surface area contributed by atoms with E-state index >= 15 is 0 Å². The molecule has 0 spiro atoms. The molecule has 0 aliphatic heterocycles. The first-order chi connectivity index (χ1) is 8.20. The molecule has 1 heterocycles. The third-order valence-corrected chi connectivity index (χ3v) is 2.72. The van der Waals surface area contributed by atoms with Crippen LogP contribution in [0.3, 0.4) is 0 Å². The smallest absolute Gasteiger partial charge is 0.337 e. The molecule has 88 valence electrons. The minimum Gasteiger partial charge on any atom is -0.465 e. The summed E-state index contributed by atoms with van der Waals surface area (Å²) in [6, 6.07) is 6.94. The number of halogens is 1. The maximum atomic E-state index is 11.3. The van der Waals surface area contributed by atoms with E-state index in [2.05, 4.69) is 9.84 Å². The number of methoxy groups -OCH3 is 1. The lowest BCUT2D eigenvalue weighted by Crippen LogP contribution is -2.04. The summed E-state index contributed by atoms with van der Waals surface area (Å²) in [6.07, 6.45) is 3.56. The van der Waals surface area contributed by atoms with Gasteiger partial charge in [0.1, 0.15) is 0 Å². The highest BCUT2D eigenvalue weighted by Gasteiger charge is 2.08. The lowest BCUT2D eigenvalue weighted by molar-refractivity contribution is 0.0600. The van der Waals surface area contributed by atoms with Crippen LogP contribution in [-0.4, -0.2) is 22.9 Å². The van der Waals surface area contributed by atoms with E-state index in [0.717, 1.165) is 5.56 Å². The summed E-state index contributed by atoms with van der Waals surface area (Å²) < 4.78 is 6.38. The van der Waals surface area contributed by atoms with Gasteiger partial charge in [0.05, 0.1) is 19.2 Å². The Morgan fingerprint density at radius 2 is 2.35 bits per heavy atom. The van der Waals surface area contributed by atoms with Crippen LogP contribution >= 0.6 is 11.6 Å². The summed E-state index contributed by atoms with van der Waals surface area (Å²) in [5, 5.41) is 4.62. The molecule has 0 N–H and O–H groups in total. The van der Waals surface area contributed by atoms with E-state index in [4.69, 9.17) is 11.6 Å². The molecule has 0 bridgehead atoms. The van der Waals surface area contributed by atoms with Crippen molar-refractivity contribution in [1.29, 1.82) is 0 Å². The number of carbonyl (C=O) groups excluding carboxylic acids is 1. The number of aromatic nitrogens is 2. The minimum absolute atomic E-state index is 0.391. The quantitative estimate of drug-likeness (QED) is 0.786. The summed E-state index contributed by atoms with van der Waals surface area (Å²) in [7, 11) is 1.34. The Hall–Kier alpha value is -1.81. The fourth-order valence-electron chi connectivity index (χ4n) is 1.49. The summed E-state index contributed by atoms with van der Waals surface area (Å²) in [5.74, 6) is -0.391. The van der Waals surface area contributed by atoms with Crippen molar-refractivity contribution in [2.45, 2.75) is 6.54 Å². The summed E-state index contributed by atoms with van der Waals surface area (Å²) >= 11 is 6.10. The molecular weight excluding hydrogens is 240 g/mol. The second-order valence-corrected chi connectivity index (χ2v) is 3.91. The number of rotatable bonds is 3. The molecular formula is C12H11ClN2O2. The van der Waals surface area contributed by atoms with Gasteiger partial charge in [-0.2, -0.15) is 5.10 Å². The number of esters is 1. The molecule has 0 aliphatic rings. The van der Waals surface area contributed by atoms with E-state index in [1.54, 1.807) is 29.1 Å². The van der Waals surface area contributed by atoms with Gasteiger partial charge in [-0.05, 0) is 23.8 Å². The van der Waals surface area contributed by atoms with Gasteiger partial charge >= 0.3 is 5.97 Å². The van der Waals surface area contributed by atoms with Crippen molar-refractivity contribution >= 4 is 17.6 Å². The molecule has 1 aromatic carbocycles. The van der Waals surface area contributed by atoms with E-state index in [1.807, 2.05) is 12.3 Å². The molecule has 0 saturated heterocycles. The SMILES string of the molecule is COC(=O)c1ccc(Cn2cccn2)c(Cl)c1. The summed E-state index contributed by atoms with van der Waals surface area (Å²) in [5.41, 5.74) is 1.35. The standard InChI is InChI=1S/C12H11ClN2O2/c1-17-12(16)9-3-4-10(11(13)7-9)8-15-6-2-5-14-15/h2-7H,8H2,1H3. The third-order valence-electron chi connectivity index (χ3n) is 2.37. The second-order valence-electron chi connectivity index (χ2n) is 3.50. The van der Waals surface area contributed by atoms with Crippen LogP contribution in [0.15, 0.2) is 36.7 Å². The Morgan fingerprint density at radius 1 is 1.53 bits per heavy atom. The number of nitrogens with zero attached hydrogens (tertiary/aromatic N) is 2. The highest BCUT2D eigenvalue weighted by atomic mass is 35.5. The predicted octanol–water partition coefficient (Wildman–Crippen LogP) is 2.37. The molecule has 4 nitrogen and oxygen atoms in total. The zero-order valence-corrected chi connectivity index (χ0v) is 10.0. The van der Waals surface area contributed by atoms with Crippen molar-refractivity contribution in [3.63, 3.8) is 0 Å². The van der Waals surface area contributed by atoms with Crippen molar-refractivity contribution in [3.8, 4) is 0 Å². The largest absolute Gasteiger partial charge is 0.465 e. The van der Waals surface area contributed by atoms with Gasteiger partial charge in [-0.25, -0.2) is 4.79 Å². The van der Waals surface area contributed by atoms with Crippen LogP contribution in [0.2, 0.25) is 5.02 Å². The van der Waals surface area contributed by atoms with Gasteiger partial charge < -0.3 is 4.74 Å². The Balaban J connectivity index is 2.23. The van der Waals surface area contributed by atoms with Crippen LogP contribution in [0.4, 0.5) is 0 Å². The Kier molecular flexibility index (Phi) is 3.44. The van der Waals surface area contributed by atoms with Crippen LogP contribution < -0.4 is 0 Å². The number of hydrogen-bond donors (Lipinski definition) is 0. The summed E-state index contributed by atoms with van der Waals surface area (Å²) in [4.78, 5) is 11.3. The molecule has 17 heavy (non-hydrogen) atoms. The van der Waals surface area contributed by atoms with Crippen molar-refractivity contribution in [1.82, 2.24) is 9.78 Å². The van der Waals surface area contributed by atoms with Crippen molar-refractivity contribution in [3.05, 3.63) is 52.8 Å². The van der Waals surface area contributed by atoms with E-state index < -0.39 is 5.97 Å². The highest BCUT2D eigenvalue weighted by Crippen LogP contribution is 2.19. The van der Waals surface area contributed by atoms with E-state index in [0.29, 0.717) is 17.1 Å². The van der Waals surface area contributed by atoms with Crippen molar-refractivity contribution in [2.75, 3.05) is 7.11 Å². The van der Waals surface area contributed by atoms with E-state index in [9.17, 15) is 4.79 Å². The molecule has 2 aromatic rings. The number of ether oxygens (including phenoxy) is 1. The Morgan fingerprint density at radius 3 is 2.94 bits per heavy atom. The van der Waals surface area contributed by atoms with Crippen LogP contribution in [0, 0.1) is 0 Å². The first-order valence-corrected chi connectivity index (χ1v) is 5.42. The lowest BCUT2D eigenvalue weighted by Gasteiger charge is -2.06. The normalized spacial score (nSPS) is 10.2. The number of carbonyl (C=O) groups is 1. The van der Waals surface area contributed by atoms with Crippen molar-refractivity contribution < 1.29 is 9.53 Å². The van der Waals surface area contributed by atoms with Crippen molar-refractivity contribution in [2.24, 2.45) is 0 Å². The lowest BCUT2D eigenvalue weighted by atomic mass is 10.1. The molecule has 0 amide bonds. The van der Waals surface area contributed by atoms with Crippen LogP contribution in [-0.2, 0) is 11.3 Å². The monoisotopic (exact) mass is 250 g/mol. The van der Waals surface area contributed by atoms with Gasteiger partial charge in [0.2, 0.25) is 0 Å². The molecule has 2 rings (SSSR count). The number of hydrogen-bond acceptors (Lipinski definition) is 3. The molecule has 0 fully saturated rings. The molecule has 5 heteroatoms. The average Bonchev–Trinajstić information content (AvgIpc) is 2.83. The maximum absolute atomic E-state index is 11.3. The van der Waals surface area contributed by atoms with Gasteiger partial charge in [-0.15, -0.1) is 0 Å².